The summed E-state index contributed by atoms with van der Waals surface area (Å²) in [6.45, 7) is 0.963. The standard InChI is InChI=1S/C15H31N3O/c1-18(2)15(10-3-4-11-15)14(17-16)9-5-7-13-8-6-12-19-13/h13-14,17H,3-12,16H2,1-2H3. The van der Waals surface area contributed by atoms with Crippen LogP contribution in [0.15, 0.2) is 0 Å². The Hall–Kier alpha value is -0.160. The first-order valence-corrected chi connectivity index (χ1v) is 7.94. The van der Waals surface area contributed by atoms with Crippen LogP contribution in [-0.4, -0.2) is 43.3 Å². The minimum atomic E-state index is 0.269. The van der Waals surface area contributed by atoms with E-state index in [0.29, 0.717) is 12.1 Å². The Labute approximate surface area is 118 Å². The van der Waals surface area contributed by atoms with Crippen LogP contribution in [0.5, 0.6) is 0 Å². The lowest BCUT2D eigenvalue weighted by Gasteiger charge is -2.43. The lowest BCUT2D eigenvalue weighted by atomic mass is 9.84. The van der Waals surface area contributed by atoms with Gasteiger partial charge in [-0.15, -0.1) is 0 Å². The molecule has 2 rings (SSSR count). The zero-order valence-electron chi connectivity index (χ0n) is 12.7. The molecule has 4 heteroatoms. The maximum atomic E-state index is 5.86. The Morgan fingerprint density at radius 3 is 2.58 bits per heavy atom. The van der Waals surface area contributed by atoms with E-state index in [1.807, 2.05) is 0 Å². The zero-order valence-corrected chi connectivity index (χ0v) is 12.7. The predicted octanol–water partition coefficient (Wildman–Crippen LogP) is 2.04. The maximum Gasteiger partial charge on any atom is 0.0576 e. The first kappa shape index (κ1) is 15.2. The molecule has 1 aliphatic carbocycles. The van der Waals surface area contributed by atoms with Gasteiger partial charge in [-0.2, -0.15) is 0 Å². The van der Waals surface area contributed by atoms with Gasteiger partial charge in [0.25, 0.3) is 0 Å². The second-order valence-corrected chi connectivity index (χ2v) is 6.49. The van der Waals surface area contributed by atoms with Crippen molar-refractivity contribution in [3.63, 3.8) is 0 Å². The number of hydrogen-bond acceptors (Lipinski definition) is 4. The topological polar surface area (TPSA) is 50.5 Å². The molecule has 2 fully saturated rings. The highest BCUT2D eigenvalue weighted by Gasteiger charge is 2.42. The van der Waals surface area contributed by atoms with Gasteiger partial charge in [0.1, 0.15) is 0 Å². The normalized spacial score (nSPS) is 28.1. The fourth-order valence-corrected chi connectivity index (χ4v) is 4.02. The average molecular weight is 269 g/mol. The van der Waals surface area contributed by atoms with Crippen LogP contribution in [-0.2, 0) is 4.74 Å². The van der Waals surface area contributed by atoms with E-state index in [2.05, 4.69) is 24.4 Å². The molecule has 2 aliphatic rings. The molecule has 0 amide bonds. The smallest absolute Gasteiger partial charge is 0.0576 e. The minimum absolute atomic E-state index is 0.269. The Balaban J connectivity index is 1.83. The molecular formula is C15H31N3O. The second-order valence-electron chi connectivity index (χ2n) is 6.49. The van der Waals surface area contributed by atoms with Gasteiger partial charge >= 0.3 is 0 Å². The van der Waals surface area contributed by atoms with Crippen molar-refractivity contribution in [3.05, 3.63) is 0 Å². The van der Waals surface area contributed by atoms with E-state index >= 15 is 0 Å². The summed E-state index contributed by atoms with van der Waals surface area (Å²) < 4.78 is 5.70. The van der Waals surface area contributed by atoms with Crippen LogP contribution in [0.4, 0.5) is 0 Å². The van der Waals surface area contributed by atoms with Gasteiger partial charge in [-0.05, 0) is 59.0 Å². The third-order valence-electron chi connectivity index (χ3n) is 5.25. The Kier molecular flexibility index (Phi) is 5.63. The Morgan fingerprint density at radius 1 is 1.32 bits per heavy atom. The minimum Gasteiger partial charge on any atom is -0.378 e. The van der Waals surface area contributed by atoms with Gasteiger partial charge in [0.2, 0.25) is 0 Å². The number of ether oxygens (including phenoxy) is 1. The van der Waals surface area contributed by atoms with Crippen molar-refractivity contribution < 1.29 is 4.74 Å². The van der Waals surface area contributed by atoms with E-state index in [-0.39, 0.29) is 5.54 Å². The summed E-state index contributed by atoms with van der Waals surface area (Å²) in [6.07, 6.45) is 11.8. The third-order valence-corrected chi connectivity index (χ3v) is 5.25. The fraction of sp³-hybridized carbons (Fsp3) is 1.00. The molecule has 1 saturated carbocycles. The molecule has 0 aromatic heterocycles. The molecule has 1 aliphatic heterocycles. The summed E-state index contributed by atoms with van der Waals surface area (Å²) in [7, 11) is 4.41. The van der Waals surface area contributed by atoms with Crippen LogP contribution in [0.25, 0.3) is 0 Å². The quantitative estimate of drug-likeness (QED) is 0.548. The highest BCUT2D eigenvalue weighted by Crippen LogP contribution is 2.38. The first-order chi connectivity index (χ1) is 9.19. The second kappa shape index (κ2) is 7.02. The molecule has 2 unspecified atom stereocenters. The van der Waals surface area contributed by atoms with Gasteiger partial charge in [-0.25, -0.2) is 0 Å². The highest BCUT2D eigenvalue weighted by atomic mass is 16.5. The van der Waals surface area contributed by atoms with Crippen LogP contribution in [0, 0.1) is 0 Å². The maximum absolute atomic E-state index is 5.86. The lowest BCUT2D eigenvalue weighted by molar-refractivity contribution is 0.0839. The largest absolute Gasteiger partial charge is 0.378 e. The molecule has 0 radical (unpaired) electrons. The first-order valence-electron chi connectivity index (χ1n) is 7.94. The lowest BCUT2D eigenvalue weighted by Crippen LogP contribution is -2.59. The van der Waals surface area contributed by atoms with E-state index in [4.69, 9.17) is 10.6 Å². The molecule has 19 heavy (non-hydrogen) atoms. The van der Waals surface area contributed by atoms with Crippen molar-refractivity contribution >= 4 is 0 Å². The molecule has 2 atom stereocenters. The van der Waals surface area contributed by atoms with Crippen molar-refractivity contribution in [2.24, 2.45) is 5.84 Å². The van der Waals surface area contributed by atoms with Gasteiger partial charge in [-0.3, -0.25) is 11.3 Å². The van der Waals surface area contributed by atoms with E-state index in [1.165, 1.54) is 51.4 Å². The fourth-order valence-electron chi connectivity index (χ4n) is 4.02. The van der Waals surface area contributed by atoms with Gasteiger partial charge < -0.3 is 9.64 Å². The predicted molar refractivity (Wildman–Crippen MR) is 78.8 cm³/mol. The van der Waals surface area contributed by atoms with E-state index in [9.17, 15) is 0 Å². The number of rotatable bonds is 7. The van der Waals surface area contributed by atoms with Crippen molar-refractivity contribution in [1.82, 2.24) is 10.3 Å². The van der Waals surface area contributed by atoms with Crippen LogP contribution in [0.1, 0.15) is 57.8 Å². The van der Waals surface area contributed by atoms with Crippen molar-refractivity contribution in [1.29, 1.82) is 0 Å². The van der Waals surface area contributed by atoms with Gasteiger partial charge in [0.05, 0.1) is 6.10 Å². The molecule has 0 spiro atoms. The number of likely N-dealkylation sites (N-methyl/N-ethyl adjacent to an activating group) is 1. The van der Waals surface area contributed by atoms with E-state index in [0.717, 1.165) is 13.0 Å². The van der Waals surface area contributed by atoms with Crippen molar-refractivity contribution in [3.8, 4) is 0 Å². The average Bonchev–Trinajstić information content (AvgIpc) is 3.06. The van der Waals surface area contributed by atoms with Crippen molar-refractivity contribution in [2.45, 2.75) is 75.5 Å². The van der Waals surface area contributed by atoms with Gasteiger partial charge in [0, 0.05) is 18.2 Å². The molecule has 0 aromatic carbocycles. The van der Waals surface area contributed by atoms with E-state index < -0.39 is 0 Å². The summed E-state index contributed by atoms with van der Waals surface area (Å²) in [5, 5.41) is 0. The highest BCUT2D eigenvalue weighted by molar-refractivity contribution is 5.01. The Morgan fingerprint density at radius 2 is 2.05 bits per heavy atom. The SMILES string of the molecule is CN(C)C1(C(CCCC2CCCO2)NN)CCCC1. The number of nitrogens with zero attached hydrogens (tertiary/aromatic N) is 1. The number of hydrazine groups is 1. The van der Waals surface area contributed by atoms with Crippen LogP contribution in [0.2, 0.25) is 0 Å². The van der Waals surface area contributed by atoms with Crippen LogP contribution >= 0.6 is 0 Å². The third kappa shape index (κ3) is 3.48. The van der Waals surface area contributed by atoms with E-state index in [1.54, 1.807) is 0 Å². The summed E-state index contributed by atoms with van der Waals surface area (Å²) in [6, 6.07) is 0.409. The number of nitrogens with one attached hydrogen (secondary N) is 1. The van der Waals surface area contributed by atoms with Gasteiger partial charge in [-0.1, -0.05) is 12.8 Å². The van der Waals surface area contributed by atoms with Crippen LogP contribution < -0.4 is 11.3 Å². The molecular weight excluding hydrogens is 238 g/mol. The number of hydrogen-bond donors (Lipinski definition) is 2. The molecule has 0 aromatic rings. The molecule has 1 saturated heterocycles. The summed E-state index contributed by atoms with van der Waals surface area (Å²) in [5.41, 5.74) is 3.38. The molecule has 3 N–H and O–H groups in total. The van der Waals surface area contributed by atoms with Crippen molar-refractivity contribution in [2.75, 3.05) is 20.7 Å². The summed E-state index contributed by atoms with van der Waals surface area (Å²) in [5.74, 6) is 5.86. The summed E-state index contributed by atoms with van der Waals surface area (Å²) >= 11 is 0. The van der Waals surface area contributed by atoms with Gasteiger partial charge in [0.15, 0.2) is 0 Å². The Bertz CT molecular complexity index is 258. The molecule has 1 heterocycles. The zero-order chi connectivity index (χ0) is 13.7. The molecule has 112 valence electrons. The summed E-state index contributed by atoms with van der Waals surface area (Å²) in [4.78, 5) is 2.40. The molecule has 4 nitrogen and oxygen atoms in total. The van der Waals surface area contributed by atoms with Crippen LogP contribution in [0.3, 0.4) is 0 Å². The molecule has 0 bridgehead atoms. The monoisotopic (exact) mass is 269 g/mol. The number of nitrogens with two attached hydrogens (primary N) is 1.